The zero-order valence-electron chi connectivity index (χ0n) is 30.4. The number of pyridine rings is 1. The van der Waals surface area contributed by atoms with Crippen molar-refractivity contribution in [2.24, 2.45) is 5.41 Å². The van der Waals surface area contributed by atoms with Crippen LogP contribution in [0.3, 0.4) is 0 Å². The number of carbonyl (C=O) groups is 2. The number of nitrogens with zero attached hydrogens (tertiary/aromatic N) is 5. The Balaban J connectivity index is 1.00. The number of anilines is 3. The quantitative estimate of drug-likeness (QED) is 0.201. The second-order valence-electron chi connectivity index (χ2n) is 16.6. The lowest BCUT2D eigenvalue weighted by Crippen LogP contribution is -2.59. The first-order valence-corrected chi connectivity index (χ1v) is 19.4. The highest BCUT2D eigenvalue weighted by Gasteiger charge is 2.71. The van der Waals surface area contributed by atoms with Crippen molar-refractivity contribution in [3.8, 4) is 11.3 Å². The highest BCUT2D eigenvalue weighted by Crippen LogP contribution is 2.65. The first-order chi connectivity index (χ1) is 25.6. The Labute approximate surface area is 307 Å². The van der Waals surface area contributed by atoms with Crippen LogP contribution < -0.4 is 20.9 Å². The van der Waals surface area contributed by atoms with E-state index in [1.54, 1.807) is 7.05 Å². The number of hydrogen-bond acceptors (Lipinski definition) is 7. The second-order valence-corrected chi connectivity index (χ2v) is 16.6. The second kappa shape index (κ2) is 11.8. The molecule has 3 saturated carbocycles. The van der Waals surface area contributed by atoms with Crippen LogP contribution in [0.5, 0.6) is 0 Å². The van der Waals surface area contributed by atoms with Crippen LogP contribution in [0.1, 0.15) is 85.3 Å². The molecule has 5 fully saturated rings. The predicted molar refractivity (Wildman–Crippen MR) is 200 cm³/mol. The van der Waals surface area contributed by atoms with E-state index in [1.807, 2.05) is 37.5 Å². The number of rotatable bonds is 7. The number of alkyl halides is 2. The van der Waals surface area contributed by atoms with Crippen molar-refractivity contribution < 1.29 is 18.4 Å². The molecule has 2 saturated heterocycles. The molecule has 0 bridgehead atoms. The van der Waals surface area contributed by atoms with Gasteiger partial charge >= 0.3 is 0 Å². The maximum atomic E-state index is 14.6. The Morgan fingerprint density at radius 2 is 1.79 bits per heavy atom. The molecule has 53 heavy (non-hydrogen) atoms. The smallest absolute Gasteiger partial charge is 0.255 e. The van der Waals surface area contributed by atoms with Crippen molar-refractivity contribution in [2.75, 3.05) is 43.4 Å². The molecule has 1 atom stereocenters. The fourth-order valence-corrected chi connectivity index (χ4v) is 9.96. The summed E-state index contributed by atoms with van der Waals surface area (Å²) in [7, 11) is 1.63. The monoisotopic (exact) mass is 720 g/mol. The predicted octanol–water partition coefficient (Wildman–Crippen LogP) is 6.46. The molecule has 2 aromatic carbocycles. The molecule has 3 aliphatic carbocycles. The summed E-state index contributed by atoms with van der Waals surface area (Å²) in [6.07, 6.45) is 8.64. The largest absolute Gasteiger partial charge is 0.355 e. The maximum absolute atomic E-state index is 14.6. The molecule has 2 aromatic heterocycles. The van der Waals surface area contributed by atoms with Crippen LogP contribution in [0.15, 0.2) is 48.8 Å². The van der Waals surface area contributed by atoms with E-state index < -0.39 is 16.8 Å². The Bertz CT molecular complexity index is 2170. The first-order valence-electron chi connectivity index (χ1n) is 19.4. The van der Waals surface area contributed by atoms with E-state index in [2.05, 4.69) is 48.5 Å². The zero-order chi connectivity index (χ0) is 36.3. The number of aromatic nitrogens is 3. The molecule has 10 rings (SSSR count). The number of imidazole rings is 1. The number of likely N-dealkylation sites (tertiary alicyclic amines) is 1. The van der Waals surface area contributed by atoms with E-state index in [1.165, 1.54) is 0 Å². The third-order valence-corrected chi connectivity index (χ3v) is 13.4. The number of aryl methyl sites for hydroxylation is 1. The maximum Gasteiger partial charge on any atom is 0.255 e. The van der Waals surface area contributed by atoms with Gasteiger partial charge in [-0.3, -0.25) is 14.5 Å². The van der Waals surface area contributed by atoms with E-state index in [0.29, 0.717) is 30.4 Å². The first kappa shape index (κ1) is 33.2. The molecule has 5 heterocycles. The Kier molecular flexibility index (Phi) is 7.38. The zero-order valence-corrected chi connectivity index (χ0v) is 30.4. The minimum absolute atomic E-state index is 0.0178. The Hall–Kier alpha value is -4.42. The van der Waals surface area contributed by atoms with Crippen LogP contribution in [0, 0.1) is 12.3 Å². The van der Waals surface area contributed by atoms with Gasteiger partial charge in [0.25, 0.3) is 11.8 Å². The van der Waals surface area contributed by atoms with Crippen LogP contribution in [0.2, 0.25) is 0 Å². The van der Waals surface area contributed by atoms with E-state index in [-0.39, 0.29) is 30.3 Å². The van der Waals surface area contributed by atoms with Crippen molar-refractivity contribution in [1.29, 1.82) is 0 Å². The third kappa shape index (κ3) is 5.15. The van der Waals surface area contributed by atoms with Crippen LogP contribution >= 0.6 is 0 Å². The van der Waals surface area contributed by atoms with Crippen molar-refractivity contribution in [2.45, 2.75) is 94.2 Å². The van der Waals surface area contributed by atoms with Gasteiger partial charge in [-0.1, -0.05) is 18.2 Å². The van der Waals surface area contributed by atoms with E-state index in [0.717, 1.165) is 109 Å². The lowest BCUT2D eigenvalue weighted by Gasteiger charge is -2.49. The summed E-state index contributed by atoms with van der Waals surface area (Å²) in [5.74, 6) is -1.84. The third-order valence-electron chi connectivity index (χ3n) is 13.4. The van der Waals surface area contributed by atoms with Crippen molar-refractivity contribution >= 4 is 40.0 Å². The highest BCUT2D eigenvalue weighted by atomic mass is 19.3. The summed E-state index contributed by atoms with van der Waals surface area (Å²) >= 11 is 0. The number of carbonyl (C=O) groups excluding carboxylic acids is 2. The number of hydrogen-bond donors (Lipinski definition) is 3. The lowest BCUT2D eigenvalue weighted by molar-refractivity contribution is -0.125. The van der Waals surface area contributed by atoms with Gasteiger partial charge in [-0.15, -0.1) is 0 Å². The number of fused-ring (bicyclic) bond motifs is 3. The average molecular weight is 721 g/mol. The van der Waals surface area contributed by atoms with Gasteiger partial charge in [0.15, 0.2) is 5.82 Å². The van der Waals surface area contributed by atoms with Crippen molar-refractivity contribution in [1.82, 2.24) is 30.1 Å². The summed E-state index contributed by atoms with van der Waals surface area (Å²) in [6, 6.07) is 14.8. The van der Waals surface area contributed by atoms with Gasteiger partial charge in [0.05, 0.1) is 28.4 Å². The van der Waals surface area contributed by atoms with E-state index in [4.69, 9.17) is 9.97 Å². The fraction of sp³-hybridized carbons (Fsp3) is 0.512. The number of halogens is 2. The van der Waals surface area contributed by atoms with Gasteiger partial charge in [-0.05, 0) is 113 Å². The van der Waals surface area contributed by atoms with Crippen LogP contribution in [-0.2, 0) is 10.2 Å². The minimum Gasteiger partial charge on any atom is -0.355 e. The summed E-state index contributed by atoms with van der Waals surface area (Å²) in [5.41, 5.74) is 6.29. The molecule has 2 spiro atoms. The average Bonchev–Trinajstić information content (AvgIpc) is 4.00. The SMILES string of the molecule is CNC(=O)c1cc(Nc2nc(-c3ccc4c(c3)N(C3CC(N5CCC[C@@]6(C5)CC6(F)F)C3)C(=O)C43CCNCC3)cc3ncn(C4CC4)c23)ccc1C. The highest BCUT2D eigenvalue weighted by molar-refractivity contribution is 6.09. The molecule has 10 nitrogen and oxygen atoms in total. The molecule has 276 valence electrons. The molecule has 0 radical (unpaired) electrons. The van der Waals surface area contributed by atoms with Gasteiger partial charge in [0.1, 0.15) is 5.52 Å². The fourth-order valence-electron chi connectivity index (χ4n) is 9.96. The molecule has 3 N–H and O–H groups in total. The molecule has 2 amide bonds. The normalized spacial score (nSPS) is 27.2. The summed E-state index contributed by atoms with van der Waals surface area (Å²) < 4.78 is 30.9. The standard InChI is InChI=1S/C41H46F2N8O2/c1-24-4-6-26(17-30(24)37(52)44-2)47-36-35-33(46-23-50(35)27-7-8-27)20-32(48-36)25-5-9-31-34(16-25)51(38(53)40(31)11-13-45-14-12-40)29-18-28(19-29)49-15-3-10-39(22-49)21-41(39,42)43/h4-6,9,16-17,20,23,27-29,45H,3,7-8,10-15,18-19,21-22H2,1-2H3,(H,44,52)(H,47,48)/t28?,29?,39-/m0/s1. The molecular weight excluding hydrogens is 675 g/mol. The molecular formula is C41H46F2N8O2. The van der Waals surface area contributed by atoms with Crippen LogP contribution in [0.25, 0.3) is 22.3 Å². The van der Waals surface area contributed by atoms with Gasteiger partial charge < -0.3 is 25.4 Å². The topological polar surface area (TPSA) is 107 Å². The minimum atomic E-state index is -2.53. The van der Waals surface area contributed by atoms with Crippen LogP contribution in [0.4, 0.5) is 26.0 Å². The van der Waals surface area contributed by atoms with Crippen molar-refractivity contribution in [3.63, 3.8) is 0 Å². The molecule has 12 heteroatoms. The Morgan fingerprint density at radius 3 is 2.53 bits per heavy atom. The lowest BCUT2D eigenvalue weighted by atomic mass is 9.74. The van der Waals surface area contributed by atoms with Crippen LogP contribution in [-0.4, -0.2) is 82.5 Å². The number of amides is 2. The summed E-state index contributed by atoms with van der Waals surface area (Å²) in [4.78, 5) is 41.7. The number of nitrogens with one attached hydrogen (secondary N) is 3. The molecule has 3 aliphatic heterocycles. The van der Waals surface area contributed by atoms with Gasteiger partial charge in [-0.25, -0.2) is 18.7 Å². The van der Waals surface area contributed by atoms with Gasteiger partial charge in [-0.2, -0.15) is 0 Å². The number of piperidine rings is 2. The molecule has 6 aliphatic rings. The van der Waals surface area contributed by atoms with Gasteiger partial charge in [0.2, 0.25) is 5.91 Å². The van der Waals surface area contributed by atoms with E-state index >= 15 is 0 Å². The Morgan fingerprint density at radius 1 is 1.00 bits per heavy atom. The molecule has 4 aromatic rings. The van der Waals surface area contributed by atoms with E-state index in [9.17, 15) is 18.4 Å². The number of benzene rings is 2. The van der Waals surface area contributed by atoms with Crippen molar-refractivity contribution in [3.05, 3.63) is 65.5 Å². The summed E-state index contributed by atoms with van der Waals surface area (Å²) in [5, 5.41) is 9.73. The summed E-state index contributed by atoms with van der Waals surface area (Å²) in [6.45, 7) is 4.82. The molecule has 0 unspecified atom stereocenters. The van der Waals surface area contributed by atoms with Gasteiger partial charge in [0, 0.05) is 60.6 Å².